The molecule has 1 N–H and O–H groups in total. The van der Waals surface area contributed by atoms with Crippen LogP contribution in [0.15, 0.2) is 36.5 Å². The lowest BCUT2D eigenvalue weighted by Gasteiger charge is -2.07. The average Bonchev–Trinajstić information content (AvgIpc) is 2.87. The van der Waals surface area contributed by atoms with Crippen LogP contribution in [-0.4, -0.2) is 4.98 Å². The summed E-state index contributed by atoms with van der Waals surface area (Å²) >= 11 is 0. The van der Waals surface area contributed by atoms with E-state index in [0.717, 1.165) is 11.5 Å². The number of pyridine rings is 1. The Morgan fingerprint density at radius 2 is 2.00 bits per heavy atom. The van der Waals surface area contributed by atoms with Crippen LogP contribution in [-0.2, 0) is 12.8 Å². The van der Waals surface area contributed by atoms with Crippen molar-refractivity contribution < 1.29 is 0 Å². The van der Waals surface area contributed by atoms with Gasteiger partial charge < -0.3 is 5.32 Å². The molecule has 1 aliphatic carbocycles. The van der Waals surface area contributed by atoms with Crippen LogP contribution in [0.2, 0.25) is 0 Å². The third-order valence-electron chi connectivity index (χ3n) is 3.26. The summed E-state index contributed by atoms with van der Waals surface area (Å²) in [6.45, 7) is 0. The fourth-order valence-corrected chi connectivity index (χ4v) is 2.33. The first-order chi connectivity index (χ1) is 8.85. The van der Waals surface area contributed by atoms with Gasteiger partial charge in [-0.3, -0.25) is 0 Å². The van der Waals surface area contributed by atoms with Crippen molar-refractivity contribution in [1.82, 2.24) is 4.98 Å². The van der Waals surface area contributed by atoms with E-state index >= 15 is 0 Å². The molecule has 0 amide bonds. The predicted molar refractivity (Wildman–Crippen MR) is 70.7 cm³/mol. The number of aryl methyl sites for hydroxylation is 2. The highest BCUT2D eigenvalue weighted by Gasteiger charge is 2.10. The number of benzene rings is 1. The molecule has 0 unspecified atom stereocenters. The number of anilines is 2. The van der Waals surface area contributed by atoms with Gasteiger partial charge in [-0.05, 0) is 54.7 Å². The molecule has 0 saturated heterocycles. The molecule has 88 valence electrons. The summed E-state index contributed by atoms with van der Waals surface area (Å²) in [4.78, 5) is 4.20. The number of nitrogens with one attached hydrogen (secondary N) is 1. The number of aromatic nitrogens is 1. The molecule has 3 nitrogen and oxygen atoms in total. The molecule has 0 atom stereocenters. The molecule has 18 heavy (non-hydrogen) atoms. The Labute approximate surface area is 106 Å². The van der Waals surface area contributed by atoms with Gasteiger partial charge in [0.05, 0.1) is 5.56 Å². The second-order valence-electron chi connectivity index (χ2n) is 4.51. The van der Waals surface area contributed by atoms with Gasteiger partial charge in [0.15, 0.2) is 0 Å². The number of rotatable bonds is 2. The minimum absolute atomic E-state index is 0.578. The number of nitriles is 1. The van der Waals surface area contributed by atoms with Crippen molar-refractivity contribution in [2.75, 3.05) is 5.32 Å². The van der Waals surface area contributed by atoms with Crippen molar-refractivity contribution in [1.29, 1.82) is 5.26 Å². The summed E-state index contributed by atoms with van der Waals surface area (Å²) in [7, 11) is 0. The summed E-state index contributed by atoms with van der Waals surface area (Å²) in [5.41, 5.74) is 4.55. The summed E-state index contributed by atoms with van der Waals surface area (Å²) in [6.07, 6.45) is 5.21. The molecule has 0 aliphatic heterocycles. The van der Waals surface area contributed by atoms with Gasteiger partial charge in [-0.1, -0.05) is 6.07 Å². The molecule has 3 heteroatoms. The largest absolute Gasteiger partial charge is 0.340 e. The number of fused-ring (bicyclic) bond motifs is 1. The van der Waals surface area contributed by atoms with Crippen LogP contribution in [0.1, 0.15) is 23.1 Å². The van der Waals surface area contributed by atoms with Gasteiger partial charge in [0.25, 0.3) is 0 Å². The van der Waals surface area contributed by atoms with Gasteiger partial charge in [0.2, 0.25) is 0 Å². The van der Waals surface area contributed by atoms with Crippen molar-refractivity contribution in [3.05, 3.63) is 53.2 Å². The molecule has 0 spiro atoms. The van der Waals surface area contributed by atoms with E-state index in [0.29, 0.717) is 5.56 Å². The Morgan fingerprint density at radius 1 is 1.11 bits per heavy atom. The first-order valence-electron chi connectivity index (χ1n) is 6.10. The van der Waals surface area contributed by atoms with Crippen LogP contribution in [0.5, 0.6) is 0 Å². The second-order valence-corrected chi connectivity index (χ2v) is 4.51. The molecule has 0 bridgehead atoms. The molecule has 1 heterocycles. The van der Waals surface area contributed by atoms with Gasteiger partial charge in [-0.25, -0.2) is 4.98 Å². The van der Waals surface area contributed by atoms with Crippen LogP contribution >= 0.6 is 0 Å². The molecule has 1 aliphatic rings. The Morgan fingerprint density at radius 3 is 2.78 bits per heavy atom. The smallest absolute Gasteiger partial charge is 0.130 e. The SMILES string of the molecule is N#Cc1ccc(Nc2ccc3c(c2)CCC3)nc1. The molecule has 1 aromatic heterocycles. The van der Waals surface area contributed by atoms with E-state index < -0.39 is 0 Å². The van der Waals surface area contributed by atoms with Gasteiger partial charge in [0, 0.05) is 11.9 Å². The normalized spacial score (nSPS) is 12.8. The molecular weight excluding hydrogens is 222 g/mol. The van der Waals surface area contributed by atoms with Crippen molar-refractivity contribution in [2.45, 2.75) is 19.3 Å². The lowest BCUT2D eigenvalue weighted by atomic mass is 10.1. The molecule has 2 aromatic rings. The first-order valence-corrected chi connectivity index (χ1v) is 6.10. The minimum Gasteiger partial charge on any atom is -0.340 e. The maximum Gasteiger partial charge on any atom is 0.130 e. The van der Waals surface area contributed by atoms with E-state index in [9.17, 15) is 0 Å². The van der Waals surface area contributed by atoms with Crippen molar-refractivity contribution in [3.8, 4) is 6.07 Å². The fraction of sp³-hybridized carbons (Fsp3) is 0.200. The number of nitrogens with zero attached hydrogens (tertiary/aromatic N) is 2. The van der Waals surface area contributed by atoms with Crippen molar-refractivity contribution in [3.63, 3.8) is 0 Å². The summed E-state index contributed by atoms with van der Waals surface area (Å²) in [5.74, 6) is 0.770. The second kappa shape index (κ2) is 4.50. The predicted octanol–water partition coefficient (Wildman–Crippen LogP) is 3.19. The molecule has 0 fully saturated rings. The molecule has 1 aromatic carbocycles. The Bertz CT molecular complexity index is 609. The maximum atomic E-state index is 8.71. The zero-order valence-electron chi connectivity index (χ0n) is 9.98. The van der Waals surface area contributed by atoms with E-state index in [2.05, 4.69) is 34.6 Å². The van der Waals surface area contributed by atoms with E-state index in [1.165, 1.54) is 30.4 Å². The summed E-state index contributed by atoms with van der Waals surface area (Å²) < 4.78 is 0. The van der Waals surface area contributed by atoms with Crippen molar-refractivity contribution in [2.24, 2.45) is 0 Å². The monoisotopic (exact) mass is 235 g/mol. The lowest BCUT2D eigenvalue weighted by Crippen LogP contribution is -1.94. The van der Waals surface area contributed by atoms with E-state index in [1.807, 2.05) is 6.07 Å². The summed E-state index contributed by atoms with van der Waals surface area (Å²) in [6, 6.07) is 12.1. The highest BCUT2D eigenvalue weighted by molar-refractivity contribution is 5.59. The Hall–Kier alpha value is -2.34. The van der Waals surface area contributed by atoms with E-state index in [-0.39, 0.29) is 0 Å². The average molecular weight is 235 g/mol. The van der Waals surface area contributed by atoms with Crippen LogP contribution in [0.25, 0.3) is 0 Å². The molecule has 0 saturated carbocycles. The van der Waals surface area contributed by atoms with Gasteiger partial charge in [0.1, 0.15) is 11.9 Å². The Kier molecular flexibility index (Phi) is 2.70. The van der Waals surface area contributed by atoms with Crippen molar-refractivity contribution >= 4 is 11.5 Å². The van der Waals surface area contributed by atoms with Crippen LogP contribution in [0, 0.1) is 11.3 Å². The van der Waals surface area contributed by atoms with Gasteiger partial charge >= 0.3 is 0 Å². The third-order valence-corrected chi connectivity index (χ3v) is 3.26. The zero-order valence-corrected chi connectivity index (χ0v) is 9.98. The highest BCUT2D eigenvalue weighted by Crippen LogP contribution is 2.26. The quantitative estimate of drug-likeness (QED) is 0.869. The topological polar surface area (TPSA) is 48.7 Å². The zero-order chi connectivity index (χ0) is 12.4. The van der Waals surface area contributed by atoms with Crippen LogP contribution in [0.4, 0.5) is 11.5 Å². The molecular formula is C15H13N3. The maximum absolute atomic E-state index is 8.71. The first kappa shape index (κ1) is 10.8. The van der Waals surface area contributed by atoms with E-state index in [1.54, 1.807) is 12.3 Å². The Balaban J connectivity index is 1.81. The number of hydrogen-bond donors (Lipinski definition) is 1. The van der Waals surface area contributed by atoms with Gasteiger partial charge in [-0.15, -0.1) is 0 Å². The highest BCUT2D eigenvalue weighted by atomic mass is 15.0. The van der Waals surface area contributed by atoms with E-state index in [4.69, 9.17) is 5.26 Å². The summed E-state index contributed by atoms with van der Waals surface area (Å²) in [5, 5.41) is 12.0. The lowest BCUT2D eigenvalue weighted by molar-refractivity contribution is 0.912. The molecule has 3 rings (SSSR count). The molecule has 0 radical (unpaired) electrons. The standard InChI is InChI=1S/C15H13N3/c16-9-11-4-7-15(17-10-11)18-14-6-5-12-2-1-3-13(12)8-14/h4-8,10H,1-3H2,(H,17,18). The third kappa shape index (κ3) is 2.05. The minimum atomic E-state index is 0.578. The van der Waals surface area contributed by atoms with Gasteiger partial charge in [-0.2, -0.15) is 5.26 Å². The van der Waals surface area contributed by atoms with Crippen LogP contribution in [0.3, 0.4) is 0 Å². The number of hydrogen-bond acceptors (Lipinski definition) is 3. The van der Waals surface area contributed by atoms with Crippen LogP contribution < -0.4 is 5.32 Å². The fourth-order valence-electron chi connectivity index (χ4n) is 2.33.